The van der Waals surface area contributed by atoms with Crippen molar-refractivity contribution in [2.24, 2.45) is 0 Å². The molecule has 1 saturated heterocycles. The number of nitrogens with zero attached hydrogens (tertiary/aromatic N) is 2. The number of carbonyl (C=O) groups excluding carboxylic acids is 1. The maximum atomic E-state index is 13.1. The van der Waals surface area contributed by atoms with E-state index in [1.807, 2.05) is 49.4 Å². The van der Waals surface area contributed by atoms with Gasteiger partial charge in [-0.05, 0) is 74.9 Å². The normalized spacial score (nSPS) is 18.3. The minimum Gasteiger partial charge on any atom is -0.368 e. The predicted molar refractivity (Wildman–Crippen MR) is 140 cm³/mol. The number of aryl methyl sites for hydroxylation is 1. The fourth-order valence-corrected chi connectivity index (χ4v) is 4.91. The van der Waals surface area contributed by atoms with E-state index in [-0.39, 0.29) is 5.91 Å². The minimum atomic E-state index is -0.149. The molecule has 1 aliphatic rings. The van der Waals surface area contributed by atoms with Crippen molar-refractivity contribution in [2.45, 2.75) is 32.9 Å². The number of H-pyrrole nitrogens is 1. The summed E-state index contributed by atoms with van der Waals surface area (Å²) in [4.78, 5) is 23.4. The smallest absolute Gasteiger partial charge is 0.255 e. The van der Waals surface area contributed by atoms with Crippen LogP contribution in [0.3, 0.4) is 0 Å². The predicted octanol–water partition coefficient (Wildman–Crippen LogP) is 5.63. The lowest BCUT2D eigenvalue weighted by molar-refractivity contribution is 0.102. The molecule has 1 fully saturated rings. The molecule has 0 radical (unpaired) electrons. The second kappa shape index (κ2) is 9.12. The van der Waals surface area contributed by atoms with Crippen molar-refractivity contribution in [2.75, 3.05) is 23.3 Å². The number of rotatable bonds is 4. The minimum absolute atomic E-state index is 0.149. The van der Waals surface area contributed by atoms with Gasteiger partial charge < -0.3 is 20.5 Å². The molecule has 1 aliphatic heterocycles. The average Bonchev–Trinajstić information content (AvgIpc) is 3.23. The molecule has 34 heavy (non-hydrogen) atoms. The number of piperazine rings is 1. The summed E-state index contributed by atoms with van der Waals surface area (Å²) in [5, 5.41) is 7.14. The number of hydrogen-bond donors (Lipinski definition) is 3. The first-order valence-electron chi connectivity index (χ1n) is 11.5. The molecule has 174 valence electrons. The zero-order valence-electron chi connectivity index (χ0n) is 19.5. The van der Waals surface area contributed by atoms with Gasteiger partial charge in [0.15, 0.2) is 0 Å². The van der Waals surface area contributed by atoms with Gasteiger partial charge in [-0.1, -0.05) is 23.7 Å². The van der Waals surface area contributed by atoms with Crippen molar-refractivity contribution in [1.82, 2.24) is 15.3 Å². The van der Waals surface area contributed by atoms with E-state index < -0.39 is 0 Å². The van der Waals surface area contributed by atoms with Crippen LogP contribution in [0.4, 0.5) is 11.4 Å². The summed E-state index contributed by atoms with van der Waals surface area (Å²) in [6, 6.07) is 20.2. The summed E-state index contributed by atoms with van der Waals surface area (Å²) in [6.45, 7) is 8.27. The molecular weight excluding hydrogens is 446 g/mol. The Labute approximate surface area is 204 Å². The molecule has 5 rings (SSSR count). The highest BCUT2D eigenvalue weighted by molar-refractivity contribution is 6.33. The molecule has 7 heteroatoms. The Balaban J connectivity index is 1.36. The Morgan fingerprint density at radius 3 is 2.56 bits per heavy atom. The topological polar surface area (TPSA) is 73.1 Å². The number of hydrogen-bond acceptors (Lipinski definition) is 4. The number of aromatic nitrogens is 2. The second-order valence-electron chi connectivity index (χ2n) is 9.12. The molecule has 6 nitrogen and oxygen atoms in total. The van der Waals surface area contributed by atoms with Gasteiger partial charge in [0.05, 0.1) is 16.1 Å². The number of para-hydroxylation sites is 2. The van der Waals surface area contributed by atoms with Gasteiger partial charge in [-0.3, -0.25) is 4.79 Å². The Morgan fingerprint density at radius 2 is 1.82 bits per heavy atom. The molecule has 3 aromatic carbocycles. The fraction of sp³-hybridized carbons (Fsp3) is 0.259. The van der Waals surface area contributed by atoms with Gasteiger partial charge in [0, 0.05) is 47.7 Å². The SMILES string of the molecule is Cc1cc(N2CC(C)N[C@@H](C)C2)ccc1C(=O)Nc1ccc(Cl)c(-c2nc3ccccc3[nH]2)c1. The molecular formula is C27H28ClN5O. The van der Waals surface area contributed by atoms with E-state index in [1.54, 1.807) is 12.1 Å². The number of nitrogens with one attached hydrogen (secondary N) is 3. The fourth-order valence-electron chi connectivity index (χ4n) is 4.70. The second-order valence-corrected chi connectivity index (χ2v) is 9.53. The van der Waals surface area contributed by atoms with Crippen LogP contribution in [0.15, 0.2) is 60.7 Å². The standard InChI is InChI=1S/C27H28ClN5O/c1-16-12-20(33-14-17(2)29-18(3)15-33)9-10-21(16)27(34)30-19-8-11-23(28)22(13-19)26-31-24-6-4-5-7-25(24)32-26/h4-13,17-18,29H,14-15H2,1-3H3,(H,30,34)(H,31,32)/t17-,18?/m0/s1. The van der Waals surface area contributed by atoms with E-state index in [1.165, 1.54) is 0 Å². The number of fused-ring (bicyclic) bond motifs is 1. The highest BCUT2D eigenvalue weighted by atomic mass is 35.5. The monoisotopic (exact) mass is 473 g/mol. The molecule has 1 unspecified atom stereocenters. The molecule has 1 amide bonds. The first-order chi connectivity index (χ1) is 16.4. The van der Waals surface area contributed by atoms with Crippen LogP contribution >= 0.6 is 11.6 Å². The Hall–Kier alpha value is -3.35. The van der Waals surface area contributed by atoms with Crippen molar-refractivity contribution in [1.29, 1.82) is 0 Å². The van der Waals surface area contributed by atoms with E-state index in [2.05, 4.69) is 45.4 Å². The van der Waals surface area contributed by atoms with E-state index in [9.17, 15) is 4.79 Å². The van der Waals surface area contributed by atoms with Gasteiger partial charge >= 0.3 is 0 Å². The lowest BCUT2D eigenvalue weighted by Crippen LogP contribution is -2.54. The molecule has 1 aromatic heterocycles. The highest BCUT2D eigenvalue weighted by Gasteiger charge is 2.22. The van der Waals surface area contributed by atoms with Crippen molar-refractivity contribution < 1.29 is 4.79 Å². The Morgan fingerprint density at radius 1 is 1.06 bits per heavy atom. The van der Waals surface area contributed by atoms with Crippen LogP contribution in [0.2, 0.25) is 5.02 Å². The van der Waals surface area contributed by atoms with Crippen molar-refractivity contribution in [3.63, 3.8) is 0 Å². The van der Waals surface area contributed by atoms with Crippen molar-refractivity contribution in [3.8, 4) is 11.4 Å². The average molecular weight is 474 g/mol. The number of halogens is 1. The Bertz CT molecular complexity index is 1320. The van der Waals surface area contributed by atoms with Gasteiger partial charge in [0.1, 0.15) is 5.82 Å². The molecule has 2 atom stereocenters. The molecule has 2 heterocycles. The third-order valence-corrected chi connectivity index (χ3v) is 6.58. The van der Waals surface area contributed by atoms with Crippen LogP contribution in [0.1, 0.15) is 29.8 Å². The van der Waals surface area contributed by atoms with Gasteiger partial charge in [-0.15, -0.1) is 0 Å². The van der Waals surface area contributed by atoms with E-state index in [4.69, 9.17) is 11.6 Å². The number of imidazole rings is 1. The zero-order chi connectivity index (χ0) is 23.8. The maximum Gasteiger partial charge on any atom is 0.255 e. The van der Waals surface area contributed by atoms with E-state index >= 15 is 0 Å². The van der Waals surface area contributed by atoms with E-state index in [0.29, 0.717) is 34.2 Å². The largest absolute Gasteiger partial charge is 0.368 e. The summed E-state index contributed by atoms with van der Waals surface area (Å²) in [5.41, 5.74) is 5.95. The molecule has 4 aromatic rings. The van der Waals surface area contributed by atoms with Crippen molar-refractivity contribution in [3.05, 3.63) is 76.8 Å². The van der Waals surface area contributed by atoms with Gasteiger partial charge in [-0.25, -0.2) is 4.98 Å². The number of anilines is 2. The molecule has 0 aliphatic carbocycles. The van der Waals surface area contributed by atoms with Crippen LogP contribution in [0.5, 0.6) is 0 Å². The van der Waals surface area contributed by atoms with Crippen LogP contribution in [0, 0.1) is 6.92 Å². The number of benzene rings is 3. The highest BCUT2D eigenvalue weighted by Crippen LogP contribution is 2.31. The number of carbonyl (C=O) groups is 1. The van der Waals surface area contributed by atoms with Crippen LogP contribution in [0.25, 0.3) is 22.4 Å². The molecule has 3 N–H and O–H groups in total. The summed E-state index contributed by atoms with van der Waals surface area (Å²) < 4.78 is 0. The Kier molecular flexibility index (Phi) is 6.02. The lowest BCUT2D eigenvalue weighted by Gasteiger charge is -2.37. The van der Waals surface area contributed by atoms with Crippen LogP contribution in [-0.2, 0) is 0 Å². The number of amides is 1. The van der Waals surface area contributed by atoms with Gasteiger partial charge in [0.2, 0.25) is 0 Å². The quantitative estimate of drug-likeness (QED) is 0.359. The van der Waals surface area contributed by atoms with Crippen LogP contribution < -0.4 is 15.5 Å². The molecule has 0 spiro atoms. The third-order valence-electron chi connectivity index (χ3n) is 6.25. The third kappa shape index (κ3) is 4.52. The maximum absolute atomic E-state index is 13.1. The lowest BCUT2D eigenvalue weighted by atomic mass is 10.0. The summed E-state index contributed by atoms with van der Waals surface area (Å²) >= 11 is 6.47. The van der Waals surface area contributed by atoms with Gasteiger partial charge in [-0.2, -0.15) is 0 Å². The molecule has 0 bridgehead atoms. The van der Waals surface area contributed by atoms with E-state index in [0.717, 1.165) is 40.9 Å². The van der Waals surface area contributed by atoms with Gasteiger partial charge in [0.25, 0.3) is 5.91 Å². The summed E-state index contributed by atoms with van der Waals surface area (Å²) in [5.74, 6) is 0.520. The first-order valence-corrected chi connectivity index (χ1v) is 11.9. The summed E-state index contributed by atoms with van der Waals surface area (Å²) in [6.07, 6.45) is 0. The number of aromatic amines is 1. The van der Waals surface area contributed by atoms with Crippen LogP contribution in [-0.4, -0.2) is 41.0 Å². The zero-order valence-corrected chi connectivity index (χ0v) is 20.3. The van der Waals surface area contributed by atoms with Crippen molar-refractivity contribution >= 4 is 39.9 Å². The summed E-state index contributed by atoms with van der Waals surface area (Å²) in [7, 11) is 0. The first kappa shape index (κ1) is 22.4. The molecule has 0 saturated carbocycles.